The summed E-state index contributed by atoms with van der Waals surface area (Å²) in [5, 5.41) is 22.3. The van der Waals surface area contributed by atoms with Crippen LogP contribution in [0.25, 0.3) is 21.0 Å². The third kappa shape index (κ3) is 5.02. The number of thiophene rings is 1. The molecule has 25 heavy (non-hydrogen) atoms. The van der Waals surface area contributed by atoms with E-state index in [0.29, 0.717) is 12.2 Å². The van der Waals surface area contributed by atoms with Gasteiger partial charge in [-0.2, -0.15) is 5.10 Å². The molecule has 2 heterocycles. The van der Waals surface area contributed by atoms with E-state index in [0.717, 1.165) is 27.2 Å². The lowest BCUT2D eigenvalue weighted by Crippen LogP contribution is -2.22. The molecule has 0 unspecified atom stereocenters. The van der Waals surface area contributed by atoms with Gasteiger partial charge in [0.15, 0.2) is 0 Å². The maximum Gasteiger partial charge on any atom is 0.328 e. The highest BCUT2D eigenvalue weighted by Gasteiger charge is 2.10. The van der Waals surface area contributed by atoms with Crippen molar-refractivity contribution in [2.45, 2.75) is 19.5 Å². The summed E-state index contributed by atoms with van der Waals surface area (Å²) in [6.07, 6.45) is 2.99. The Labute approximate surface area is 151 Å². The van der Waals surface area contributed by atoms with Gasteiger partial charge >= 0.3 is 11.9 Å². The maximum absolute atomic E-state index is 9.55. The molecule has 3 aromatic rings. The Kier molecular flexibility index (Phi) is 6.13. The fourth-order valence-corrected chi connectivity index (χ4v) is 3.37. The first-order chi connectivity index (χ1) is 11.8. The van der Waals surface area contributed by atoms with Crippen LogP contribution in [-0.2, 0) is 16.1 Å². The summed E-state index contributed by atoms with van der Waals surface area (Å²) in [6.45, 7) is 2.70. The van der Waals surface area contributed by atoms with E-state index in [1.54, 1.807) is 11.3 Å². The topological polar surface area (TPSA) is 118 Å². The minimum atomic E-state index is -1.26. The smallest absolute Gasteiger partial charge is 0.328 e. The maximum atomic E-state index is 9.55. The molecule has 0 saturated heterocycles. The average molecular weight is 382 g/mol. The molecule has 0 spiro atoms. The third-order valence-electron chi connectivity index (χ3n) is 3.10. The van der Waals surface area contributed by atoms with Crippen molar-refractivity contribution in [1.29, 1.82) is 0 Å². The lowest BCUT2D eigenvalue weighted by Gasteiger charge is -2.07. The predicted molar refractivity (Wildman–Crippen MR) is 98.2 cm³/mol. The van der Waals surface area contributed by atoms with Gasteiger partial charge in [-0.25, -0.2) is 9.59 Å². The highest BCUT2D eigenvalue weighted by atomic mass is 35.5. The Bertz CT molecular complexity index is 930. The highest BCUT2D eigenvalue weighted by Crippen LogP contribution is 2.34. The number of fused-ring (bicyclic) bond motifs is 3. The molecule has 0 aliphatic carbocycles. The quantitative estimate of drug-likeness (QED) is 0.598. The Balaban J connectivity index is 0.000000242. The molecule has 0 aliphatic rings. The third-order valence-corrected chi connectivity index (χ3v) is 4.33. The van der Waals surface area contributed by atoms with Gasteiger partial charge in [0, 0.05) is 33.7 Å². The number of halogens is 1. The molecular weight excluding hydrogens is 366 g/mol. The van der Waals surface area contributed by atoms with E-state index in [1.165, 1.54) is 4.70 Å². The second-order valence-corrected chi connectivity index (χ2v) is 6.99. The van der Waals surface area contributed by atoms with Crippen LogP contribution < -0.4 is 5.73 Å². The summed E-state index contributed by atoms with van der Waals surface area (Å²) in [5.74, 6) is -2.51. The number of carboxylic acids is 2. The van der Waals surface area contributed by atoms with Crippen molar-refractivity contribution in [1.82, 2.24) is 9.78 Å². The zero-order valence-corrected chi connectivity index (χ0v) is 14.8. The van der Waals surface area contributed by atoms with Crippen molar-refractivity contribution in [3.63, 3.8) is 0 Å². The van der Waals surface area contributed by atoms with Gasteiger partial charge in [-0.05, 0) is 25.1 Å². The number of hydrogen-bond acceptors (Lipinski definition) is 5. The van der Waals surface area contributed by atoms with Gasteiger partial charge in [-0.3, -0.25) is 4.68 Å². The van der Waals surface area contributed by atoms with Crippen LogP contribution in [0.5, 0.6) is 0 Å². The summed E-state index contributed by atoms with van der Waals surface area (Å²) >= 11 is 7.66. The fourth-order valence-electron chi connectivity index (χ4n) is 2.22. The second kappa shape index (κ2) is 8.11. The molecule has 3 rings (SSSR count). The first-order valence-electron chi connectivity index (χ1n) is 7.21. The number of aliphatic carboxylic acids is 2. The molecule has 0 amide bonds. The van der Waals surface area contributed by atoms with Crippen LogP contribution in [-0.4, -0.2) is 38.0 Å². The van der Waals surface area contributed by atoms with Crippen LogP contribution in [0.3, 0.4) is 0 Å². The number of rotatable bonds is 4. The monoisotopic (exact) mass is 381 g/mol. The van der Waals surface area contributed by atoms with Crippen molar-refractivity contribution >= 4 is 55.9 Å². The van der Waals surface area contributed by atoms with Gasteiger partial charge in [-0.15, -0.1) is 11.3 Å². The lowest BCUT2D eigenvalue weighted by molar-refractivity contribution is -0.134. The van der Waals surface area contributed by atoms with Gasteiger partial charge in [0.2, 0.25) is 0 Å². The summed E-state index contributed by atoms with van der Waals surface area (Å²) in [4.78, 5) is 19.1. The van der Waals surface area contributed by atoms with Crippen molar-refractivity contribution in [3.05, 3.63) is 40.9 Å². The number of aromatic nitrogens is 2. The first kappa shape index (κ1) is 18.9. The van der Waals surface area contributed by atoms with Crippen LogP contribution in [0.2, 0.25) is 4.34 Å². The molecule has 0 radical (unpaired) electrons. The molecule has 0 aliphatic heterocycles. The number of benzene rings is 1. The molecule has 1 aromatic carbocycles. The lowest BCUT2D eigenvalue weighted by atomic mass is 10.2. The Morgan fingerprint density at radius 1 is 1.36 bits per heavy atom. The number of carboxylic acid groups (broad SMARTS) is 2. The highest BCUT2D eigenvalue weighted by molar-refractivity contribution is 7.22. The standard InChI is InChI=1S/C12H12ClN3S.C4H4O4/c1-7(14)6-16-12-8(5-15-16)2-3-10-9(12)4-11(13)17-10;5-3(6)1-2-4(7)8/h2-5,7H,6,14H2,1H3;1-2H,(H,5,6)(H,7,8)/b;2-1+/t7-;/m0./s1. The van der Waals surface area contributed by atoms with Crippen LogP contribution in [0.15, 0.2) is 36.5 Å². The molecule has 0 bridgehead atoms. The molecule has 132 valence electrons. The van der Waals surface area contributed by atoms with E-state index in [4.69, 9.17) is 27.5 Å². The zero-order valence-electron chi connectivity index (χ0n) is 13.2. The summed E-state index contributed by atoms with van der Waals surface area (Å²) in [5.41, 5.74) is 6.97. The van der Waals surface area contributed by atoms with Crippen LogP contribution in [0.1, 0.15) is 6.92 Å². The molecule has 9 heteroatoms. The van der Waals surface area contributed by atoms with Crippen molar-refractivity contribution in [2.75, 3.05) is 0 Å². The van der Waals surface area contributed by atoms with Crippen molar-refractivity contribution in [2.24, 2.45) is 5.73 Å². The number of carbonyl (C=O) groups is 2. The Hall–Kier alpha value is -2.42. The summed E-state index contributed by atoms with van der Waals surface area (Å²) in [7, 11) is 0. The largest absolute Gasteiger partial charge is 0.478 e. The average Bonchev–Trinajstić information content (AvgIpc) is 3.07. The zero-order chi connectivity index (χ0) is 18.6. The molecule has 1 atom stereocenters. The minimum absolute atomic E-state index is 0.0856. The van der Waals surface area contributed by atoms with Gasteiger partial charge in [0.1, 0.15) is 0 Å². The molecule has 0 saturated carbocycles. The molecule has 4 N–H and O–H groups in total. The Morgan fingerprint density at radius 2 is 2.00 bits per heavy atom. The van der Waals surface area contributed by atoms with Gasteiger partial charge in [0.05, 0.1) is 22.6 Å². The molecule has 7 nitrogen and oxygen atoms in total. The van der Waals surface area contributed by atoms with Crippen LogP contribution in [0, 0.1) is 0 Å². The minimum Gasteiger partial charge on any atom is -0.478 e. The summed E-state index contributed by atoms with van der Waals surface area (Å²) < 4.78 is 3.96. The van der Waals surface area contributed by atoms with Crippen LogP contribution in [0.4, 0.5) is 0 Å². The van der Waals surface area contributed by atoms with E-state index in [2.05, 4.69) is 17.2 Å². The van der Waals surface area contributed by atoms with Crippen molar-refractivity contribution in [3.8, 4) is 0 Å². The predicted octanol–water partition coefficient (Wildman–Crippen LogP) is 2.96. The molecule has 2 aromatic heterocycles. The van der Waals surface area contributed by atoms with E-state index >= 15 is 0 Å². The van der Waals surface area contributed by atoms with E-state index in [9.17, 15) is 9.59 Å². The normalized spacial score (nSPS) is 12.3. The van der Waals surface area contributed by atoms with Crippen molar-refractivity contribution < 1.29 is 19.8 Å². The first-order valence-corrected chi connectivity index (χ1v) is 8.40. The van der Waals surface area contributed by atoms with Gasteiger partial charge in [0.25, 0.3) is 0 Å². The fraction of sp³-hybridized carbons (Fsp3) is 0.188. The number of nitrogens with zero attached hydrogens (tertiary/aromatic N) is 2. The van der Waals surface area contributed by atoms with E-state index in [-0.39, 0.29) is 6.04 Å². The number of hydrogen-bond donors (Lipinski definition) is 3. The SMILES string of the molecule is C[C@H](N)Cn1ncc2ccc3sc(Cl)cc3c21.O=C(O)/C=C/C(=O)O. The number of nitrogens with two attached hydrogens (primary N) is 1. The second-order valence-electron chi connectivity index (χ2n) is 5.28. The molecule has 0 fully saturated rings. The van der Waals surface area contributed by atoms with Gasteiger partial charge in [-0.1, -0.05) is 11.6 Å². The molecular formula is C16H16ClN3O4S. The van der Waals surface area contributed by atoms with Gasteiger partial charge < -0.3 is 15.9 Å². The summed E-state index contributed by atoms with van der Waals surface area (Å²) in [6, 6.07) is 6.26. The van der Waals surface area contributed by atoms with Crippen LogP contribution >= 0.6 is 22.9 Å². The van der Waals surface area contributed by atoms with E-state index < -0.39 is 11.9 Å². The van der Waals surface area contributed by atoms with E-state index in [1.807, 2.05) is 23.9 Å². The Morgan fingerprint density at radius 3 is 2.56 bits per heavy atom.